The van der Waals surface area contributed by atoms with Crippen molar-refractivity contribution in [2.75, 3.05) is 0 Å². The second-order valence-corrected chi connectivity index (χ2v) is 5.15. The highest BCUT2D eigenvalue weighted by Gasteiger charge is 2.15. The molecular formula is C12H13BrN2O2. The fourth-order valence-corrected chi connectivity index (χ4v) is 2.21. The highest BCUT2D eigenvalue weighted by atomic mass is 79.9. The molecule has 0 aliphatic heterocycles. The lowest BCUT2D eigenvalue weighted by molar-refractivity contribution is -0.137. The maximum absolute atomic E-state index is 10.9. The Bertz CT molecular complexity index is 575. The van der Waals surface area contributed by atoms with Gasteiger partial charge in [0.2, 0.25) is 0 Å². The summed E-state index contributed by atoms with van der Waals surface area (Å²) in [5, 5.41) is 8.96. The van der Waals surface area contributed by atoms with Crippen molar-refractivity contribution in [3.05, 3.63) is 28.5 Å². The van der Waals surface area contributed by atoms with Crippen molar-refractivity contribution >= 4 is 32.9 Å². The molecule has 4 nitrogen and oxygen atoms in total. The van der Waals surface area contributed by atoms with Gasteiger partial charge in [0.05, 0.1) is 11.0 Å². The average molecular weight is 297 g/mol. The largest absolute Gasteiger partial charge is 0.480 e. The summed E-state index contributed by atoms with van der Waals surface area (Å²) < 4.78 is 2.68. The van der Waals surface area contributed by atoms with Crippen LogP contribution in [0.15, 0.2) is 22.7 Å². The molecule has 5 heteroatoms. The zero-order valence-corrected chi connectivity index (χ0v) is 11.2. The Morgan fingerprint density at radius 3 is 2.82 bits per heavy atom. The van der Waals surface area contributed by atoms with E-state index in [0.29, 0.717) is 0 Å². The van der Waals surface area contributed by atoms with Crippen molar-refractivity contribution in [1.29, 1.82) is 0 Å². The van der Waals surface area contributed by atoms with Gasteiger partial charge in [-0.05, 0) is 18.2 Å². The number of fused-ring (bicyclic) bond motifs is 1. The van der Waals surface area contributed by atoms with Gasteiger partial charge in [0.1, 0.15) is 12.4 Å². The van der Waals surface area contributed by atoms with Gasteiger partial charge in [-0.3, -0.25) is 4.79 Å². The molecule has 1 N–H and O–H groups in total. The summed E-state index contributed by atoms with van der Waals surface area (Å²) in [5.41, 5.74) is 1.68. The fraction of sp³-hybridized carbons (Fsp3) is 0.333. The van der Waals surface area contributed by atoms with E-state index in [2.05, 4.69) is 20.9 Å². The van der Waals surface area contributed by atoms with E-state index < -0.39 is 5.97 Å². The highest BCUT2D eigenvalue weighted by Crippen LogP contribution is 2.24. The topological polar surface area (TPSA) is 55.1 Å². The van der Waals surface area contributed by atoms with E-state index in [1.54, 1.807) is 4.57 Å². The molecule has 0 fully saturated rings. The molecule has 0 amide bonds. The Balaban J connectivity index is 2.68. The van der Waals surface area contributed by atoms with E-state index in [9.17, 15) is 4.79 Å². The van der Waals surface area contributed by atoms with Crippen LogP contribution in [-0.2, 0) is 11.3 Å². The van der Waals surface area contributed by atoms with Gasteiger partial charge in [0.25, 0.3) is 0 Å². The van der Waals surface area contributed by atoms with Crippen molar-refractivity contribution in [3.8, 4) is 0 Å². The number of rotatable bonds is 3. The number of hydrogen-bond acceptors (Lipinski definition) is 2. The smallest absolute Gasteiger partial charge is 0.323 e. The van der Waals surface area contributed by atoms with Gasteiger partial charge in [0.15, 0.2) is 0 Å². The zero-order chi connectivity index (χ0) is 12.6. The molecular weight excluding hydrogens is 284 g/mol. The number of carboxylic acids is 1. The van der Waals surface area contributed by atoms with Crippen molar-refractivity contribution in [3.63, 3.8) is 0 Å². The number of nitrogens with zero attached hydrogens (tertiary/aromatic N) is 2. The summed E-state index contributed by atoms with van der Waals surface area (Å²) >= 11 is 3.39. The lowest BCUT2D eigenvalue weighted by Crippen LogP contribution is -2.12. The van der Waals surface area contributed by atoms with Crippen LogP contribution >= 0.6 is 15.9 Å². The molecule has 0 radical (unpaired) electrons. The Morgan fingerprint density at radius 2 is 2.24 bits per heavy atom. The molecule has 1 aromatic heterocycles. The Kier molecular flexibility index (Phi) is 3.19. The predicted octanol–water partition coefficient (Wildman–Crippen LogP) is 3.01. The number of carboxylic acid groups (broad SMARTS) is 1. The second kappa shape index (κ2) is 4.49. The van der Waals surface area contributed by atoms with Crippen LogP contribution < -0.4 is 0 Å². The first kappa shape index (κ1) is 12.1. The minimum Gasteiger partial charge on any atom is -0.480 e. The summed E-state index contributed by atoms with van der Waals surface area (Å²) in [4.78, 5) is 15.4. The van der Waals surface area contributed by atoms with Gasteiger partial charge in [-0.25, -0.2) is 4.98 Å². The third-order valence-electron chi connectivity index (χ3n) is 2.55. The van der Waals surface area contributed by atoms with Gasteiger partial charge in [-0.1, -0.05) is 29.8 Å². The van der Waals surface area contributed by atoms with Crippen LogP contribution in [0.25, 0.3) is 11.0 Å². The van der Waals surface area contributed by atoms with E-state index in [1.807, 2.05) is 32.0 Å². The van der Waals surface area contributed by atoms with Crippen LogP contribution in [0.3, 0.4) is 0 Å². The first-order chi connectivity index (χ1) is 7.99. The maximum atomic E-state index is 10.9. The zero-order valence-electron chi connectivity index (χ0n) is 9.64. The minimum absolute atomic E-state index is 0.0551. The lowest BCUT2D eigenvalue weighted by Gasteiger charge is -2.08. The van der Waals surface area contributed by atoms with Crippen LogP contribution in [-0.4, -0.2) is 20.6 Å². The molecule has 2 rings (SSSR count). The third kappa shape index (κ3) is 2.34. The monoisotopic (exact) mass is 296 g/mol. The third-order valence-corrected chi connectivity index (χ3v) is 3.04. The molecule has 0 bridgehead atoms. The Labute approximate surface area is 107 Å². The Hall–Kier alpha value is -1.36. The quantitative estimate of drug-likeness (QED) is 0.947. The van der Waals surface area contributed by atoms with Crippen LogP contribution in [0.4, 0.5) is 0 Å². The number of halogens is 1. The summed E-state index contributed by atoms with van der Waals surface area (Å²) in [7, 11) is 0. The van der Waals surface area contributed by atoms with Gasteiger partial charge < -0.3 is 9.67 Å². The lowest BCUT2D eigenvalue weighted by atomic mass is 10.2. The Morgan fingerprint density at radius 1 is 1.53 bits per heavy atom. The van der Waals surface area contributed by atoms with Crippen molar-refractivity contribution in [2.24, 2.45) is 0 Å². The molecule has 1 heterocycles. The van der Waals surface area contributed by atoms with Crippen molar-refractivity contribution in [2.45, 2.75) is 26.3 Å². The van der Waals surface area contributed by atoms with Crippen molar-refractivity contribution in [1.82, 2.24) is 9.55 Å². The molecule has 90 valence electrons. The summed E-state index contributed by atoms with van der Waals surface area (Å²) in [5.74, 6) is 0.146. The number of carbonyl (C=O) groups is 1. The minimum atomic E-state index is -0.855. The number of benzene rings is 1. The normalized spacial score (nSPS) is 11.3. The summed E-state index contributed by atoms with van der Waals surface area (Å²) in [6, 6.07) is 5.70. The molecule has 2 aromatic rings. The molecule has 0 spiro atoms. The van der Waals surface area contributed by atoms with Gasteiger partial charge in [0, 0.05) is 10.4 Å². The van der Waals surface area contributed by atoms with Crippen LogP contribution in [0.2, 0.25) is 0 Å². The first-order valence-electron chi connectivity index (χ1n) is 5.36. The van der Waals surface area contributed by atoms with Crippen LogP contribution in [0, 0.1) is 0 Å². The number of aliphatic carboxylic acids is 1. The van der Waals surface area contributed by atoms with E-state index in [1.165, 1.54) is 0 Å². The standard InChI is InChI=1S/C12H13BrN2O2/c1-7(2)12-14-9-4-3-8(13)5-10(9)15(12)6-11(16)17/h3-5,7H,6H2,1-2H3,(H,16,17). The predicted molar refractivity (Wildman–Crippen MR) is 69.2 cm³/mol. The molecule has 0 saturated heterocycles. The van der Waals surface area contributed by atoms with E-state index >= 15 is 0 Å². The number of hydrogen-bond donors (Lipinski definition) is 1. The van der Waals surface area contributed by atoms with Crippen LogP contribution in [0.5, 0.6) is 0 Å². The number of aromatic nitrogens is 2. The fourth-order valence-electron chi connectivity index (χ4n) is 1.86. The van der Waals surface area contributed by atoms with Gasteiger partial charge in [-0.15, -0.1) is 0 Å². The summed E-state index contributed by atoms with van der Waals surface area (Å²) in [6.45, 7) is 3.96. The molecule has 1 aromatic carbocycles. The molecule has 0 unspecified atom stereocenters. The van der Waals surface area contributed by atoms with Gasteiger partial charge in [-0.2, -0.15) is 0 Å². The molecule has 0 aliphatic carbocycles. The molecule has 0 saturated carbocycles. The molecule has 0 aliphatic rings. The van der Waals surface area contributed by atoms with Crippen LogP contribution in [0.1, 0.15) is 25.6 Å². The van der Waals surface area contributed by atoms with Gasteiger partial charge >= 0.3 is 5.97 Å². The van der Waals surface area contributed by atoms with E-state index in [-0.39, 0.29) is 12.5 Å². The van der Waals surface area contributed by atoms with Crippen molar-refractivity contribution < 1.29 is 9.90 Å². The summed E-state index contributed by atoms with van der Waals surface area (Å²) in [6.07, 6.45) is 0. The first-order valence-corrected chi connectivity index (χ1v) is 6.16. The molecule has 0 atom stereocenters. The molecule has 17 heavy (non-hydrogen) atoms. The second-order valence-electron chi connectivity index (χ2n) is 4.24. The SMILES string of the molecule is CC(C)c1nc2ccc(Br)cc2n1CC(=O)O. The average Bonchev–Trinajstić information content (AvgIpc) is 2.56. The number of imidazole rings is 1. The maximum Gasteiger partial charge on any atom is 0.323 e. The highest BCUT2D eigenvalue weighted by molar-refractivity contribution is 9.10. The van der Waals surface area contributed by atoms with E-state index in [4.69, 9.17) is 5.11 Å². The van der Waals surface area contributed by atoms with E-state index in [0.717, 1.165) is 21.3 Å².